The number of hydrogen-bond acceptors (Lipinski definition) is 5. The highest BCUT2D eigenvalue weighted by Crippen LogP contribution is 2.41. The summed E-state index contributed by atoms with van der Waals surface area (Å²) < 4.78 is 19.6. The molecule has 4 rings (SSSR count). The molecular formula is C18H14FN3O2S. The van der Waals surface area contributed by atoms with E-state index in [4.69, 9.17) is 4.74 Å². The first kappa shape index (κ1) is 15.8. The summed E-state index contributed by atoms with van der Waals surface area (Å²) in [5, 5.41) is 4.81. The van der Waals surface area contributed by atoms with Gasteiger partial charge in [-0.25, -0.2) is 9.37 Å². The van der Waals surface area contributed by atoms with Crippen molar-refractivity contribution in [3.63, 3.8) is 0 Å². The highest BCUT2D eigenvalue weighted by Gasteiger charge is 2.30. The Morgan fingerprint density at radius 3 is 2.56 bits per heavy atom. The molecule has 25 heavy (non-hydrogen) atoms. The summed E-state index contributed by atoms with van der Waals surface area (Å²) in [7, 11) is 1.62. The predicted octanol–water partition coefficient (Wildman–Crippen LogP) is 3.97. The van der Waals surface area contributed by atoms with Crippen LogP contribution in [0, 0.1) is 5.82 Å². The molecule has 1 atom stereocenters. The minimum atomic E-state index is -0.322. The quantitative estimate of drug-likeness (QED) is 0.711. The average molecular weight is 355 g/mol. The molecule has 1 aromatic heterocycles. The van der Waals surface area contributed by atoms with Gasteiger partial charge in [-0.3, -0.25) is 4.79 Å². The molecule has 2 aromatic carbocycles. The number of aromatic nitrogens is 3. The molecule has 1 aliphatic rings. The Hall–Kier alpha value is -2.67. The van der Waals surface area contributed by atoms with Gasteiger partial charge in [0, 0.05) is 17.2 Å². The molecule has 3 aromatic rings. The lowest BCUT2D eigenvalue weighted by molar-refractivity contribution is 0.0868. The van der Waals surface area contributed by atoms with Gasteiger partial charge in [0.05, 0.1) is 7.11 Å². The topological polar surface area (TPSA) is 57.0 Å². The normalized spacial score (nSPS) is 16.6. The van der Waals surface area contributed by atoms with Gasteiger partial charge in [0.2, 0.25) is 0 Å². The van der Waals surface area contributed by atoms with Gasteiger partial charge >= 0.3 is 0 Å². The van der Waals surface area contributed by atoms with Crippen LogP contribution >= 0.6 is 11.8 Å². The molecular weight excluding hydrogens is 341 g/mol. The second-order valence-corrected chi connectivity index (χ2v) is 6.78. The van der Waals surface area contributed by atoms with E-state index in [1.807, 2.05) is 24.3 Å². The third-order valence-corrected chi connectivity index (χ3v) is 5.21. The number of carbonyl (C=O) groups is 1. The van der Waals surface area contributed by atoms with Crippen LogP contribution in [0.4, 0.5) is 4.39 Å². The third kappa shape index (κ3) is 3.02. The fourth-order valence-electron chi connectivity index (χ4n) is 2.68. The summed E-state index contributed by atoms with van der Waals surface area (Å²) in [5.74, 6) is 0.775. The van der Waals surface area contributed by atoms with Gasteiger partial charge in [-0.05, 0) is 42.0 Å². The number of fused-ring (bicyclic) bond motifs is 1. The molecule has 1 unspecified atom stereocenters. The fraction of sp³-hybridized carbons (Fsp3) is 0.167. The molecule has 1 aliphatic heterocycles. The maximum Gasteiger partial charge on any atom is 0.250 e. The number of halogens is 1. The number of nitrogens with zero attached hydrogens (tertiary/aromatic N) is 3. The number of methoxy groups -OCH3 is 1. The van der Waals surface area contributed by atoms with E-state index >= 15 is 0 Å². The molecule has 0 N–H and O–H groups in total. The summed E-state index contributed by atoms with van der Waals surface area (Å²) in [6.45, 7) is 0. The zero-order chi connectivity index (χ0) is 17.4. The highest BCUT2D eigenvalue weighted by atomic mass is 32.2. The van der Waals surface area contributed by atoms with Gasteiger partial charge in [-0.1, -0.05) is 23.9 Å². The first-order valence-electron chi connectivity index (χ1n) is 7.71. The molecule has 0 aliphatic carbocycles. The second kappa shape index (κ2) is 6.33. The van der Waals surface area contributed by atoms with Crippen LogP contribution in [0.3, 0.4) is 0 Å². The summed E-state index contributed by atoms with van der Waals surface area (Å²) >= 11 is 1.50. The molecule has 2 heterocycles. The van der Waals surface area contributed by atoms with Crippen LogP contribution in [0.1, 0.15) is 22.0 Å². The van der Waals surface area contributed by atoms with Gasteiger partial charge in [-0.2, -0.15) is 4.68 Å². The van der Waals surface area contributed by atoms with Crippen molar-refractivity contribution in [2.45, 2.75) is 16.8 Å². The van der Waals surface area contributed by atoms with Crippen molar-refractivity contribution in [2.75, 3.05) is 7.11 Å². The van der Waals surface area contributed by atoms with Crippen LogP contribution in [0.2, 0.25) is 0 Å². The molecule has 0 fully saturated rings. The van der Waals surface area contributed by atoms with Crippen LogP contribution in [-0.4, -0.2) is 27.8 Å². The van der Waals surface area contributed by atoms with Gasteiger partial charge < -0.3 is 4.74 Å². The molecule has 5 nitrogen and oxygen atoms in total. The molecule has 0 saturated carbocycles. The van der Waals surface area contributed by atoms with Crippen molar-refractivity contribution in [3.05, 3.63) is 59.9 Å². The minimum Gasteiger partial charge on any atom is -0.497 e. The Bertz CT molecular complexity index is 922. The molecule has 0 saturated heterocycles. The van der Waals surface area contributed by atoms with Crippen molar-refractivity contribution in [3.8, 4) is 17.1 Å². The molecule has 126 valence electrons. The molecule has 0 radical (unpaired) electrons. The lowest BCUT2D eigenvalue weighted by atomic mass is 10.1. The fourth-order valence-corrected chi connectivity index (χ4v) is 3.83. The summed E-state index contributed by atoms with van der Waals surface area (Å²) in [4.78, 5) is 16.9. The van der Waals surface area contributed by atoms with E-state index in [1.165, 1.54) is 28.6 Å². The lowest BCUT2D eigenvalue weighted by Crippen LogP contribution is -2.20. The Labute approximate surface area is 147 Å². The van der Waals surface area contributed by atoms with Crippen LogP contribution < -0.4 is 4.74 Å². The minimum absolute atomic E-state index is 0.0174. The van der Waals surface area contributed by atoms with E-state index in [9.17, 15) is 9.18 Å². The van der Waals surface area contributed by atoms with Gasteiger partial charge in [0.1, 0.15) is 11.6 Å². The third-order valence-electron chi connectivity index (χ3n) is 4.01. The van der Waals surface area contributed by atoms with Gasteiger partial charge in [0.25, 0.3) is 5.91 Å². The molecule has 0 amide bonds. The monoisotopic (exact) mass is 355 g/mol. The van der Waals surface area contributed by atoms with Crippen molar-refractivity contribution >= 4 is 17.7 Å². The zero-order valence-corrected chi connectivity index (χ0v) is 14.2. The Morgan fingerprint density at radius 2 is 1.88 bits per heavy atom. The molecule has 0 spiro atoms. The molecule has 0 bridgehead atoms. The van der Waals surface area contributed by atoms with E-state index in [0.29, 0.717) is 23.0 Å². The maximum atomic E-state index is 13.1. The average Bonchev–Trinajstić information content (AvgIpc) is 3.07. The number of ether oxygens (including phenoxy) is 1. The summed E-state index contributed by atoms with van der Waals surface area (Å²) in [5.41, 5.74) is 1.72. The number of thioether (sulfide) groups is 1. The maximum absolute atomic E-state index is 13.1. The van der Waals surface area contributed by atoms with Crippen LogP contribution in [0.25, 0.3) is 11.4 Å². The van der Waals surface area contributed by atoms with E-state index in [1.54, 1.807) is 19.2 Å². The van der Waals surface area contributed by atoms with Crippen molar-refractivity contribution in [1.29, 1.82) is 0 Å². The largest absolute Gasteiger partial charge is 0.497 e. The summed E-state index contributed by atoms with van der Waals surface area (Å²) in [6.07, 6.45) is 0.343. The number of benzene rings is 2. The van der Waals surface area contributed by atoms with E-state index in [0.717, 1.165) is 11.3 Å². The van der Waals surface area contributed by atoms with Crippen LogP contribution in [0.15, 0.2) is 53.7 Å². The smallest absolute Gasteiger partial charge is 0.250 e. The van der Waals surface area contributed by atoms with Crippen molar-refractivity contribution in [1.82, 2.24) is 14.8 Å². The van der Waals surface area contributed by atoms with Crippen LogP contribution in [0.5, 0.6) is 5.75 Å². The zero-order valence-electron chi connectivity index (χ0n) is 13.3. The lowest BCUT2D eigenvalue weighted by Gasteiger charge is -2.20. The highest BCUT2D eigenvalue weighted by molar-refractivity contribution is 7.99. The van der Waals surface area contributed by atoms with Crippen molar-refractivity contribution in [2.24, 2.45) is 0 Å². The number of hydrogen-bond donors (Lipinski definition) is 0. The van der Waals surface area contributed by atoms with Gasteiger partial charge in [-0.15, -0.1) is 5.10 Å². The van der Waals surface area contributed by atoms with Crippen LogP contribution in [-0.2, 0) is 0 Å². The first-order chi connectivity index (χ1) is 12.1. The number of carbonyl (C=O) groups excluding carboxylic acids is 1. The van der Waals surface area contributed by atoms with Crippen molar-refractivity contribution < 1.29 is 13.9 Å². The molecule has 7 heteroatoms. The number of rotatable bonds is 3. The van der Waals surface area contributed by atoms with E-state index in [-0.39, 0.29) is 17.0 Å². The SMILES string of the molecule is COc1ccc(C2CC(=O)n3nc(-c4ccc(F)cc4)nc3S2)cc1. The second-order valence-electron chi connectivity index (χ2n) is 5.61. The predicted molar refractivity (Wildman–Crippen MR) is 92.3 cm³/mol. The Morgan fingerprint density at radius 1 is 1.16 bits per heavy atom. The van der Waals surface area contributed by atoms with Gasteiger partial charge in [0.15, 0.2) is 11.0 Å². The Balaban J connectivity index is 1.63. The summed E-state index contributed by atoms with van der Waals surface area (Å²) in [6, 6.07) is 13.6. The standard InChI is InChI=1S/C18H14FN3O2S/c1-24-14-8-4-11(5-9-14)15-10-16(23)22-18(25-15)20-17(21-22)12-2-6-13(19)7-3-12/h2-9,15H,10H2,1H3. The Kier molecular flexibility index (Phi) is 4.01. The van der Waals surface area contributed by atoms with E-state index in [2.05, 4.69) is 10.1 Å². The van der Waals surface area contributed by atoms with E-state index < -0.39 is 0 Å². The first-order valence-corrected chi connectivity index (χ1v) is 8.59.